The van der Waals surface area contributed by atoms with Crippen molar-refractivity contribution in [2.75, 3.05) is 19.7 Å². The molecule has 3 fully saturated rings. The number of unbranched alkanes of at least 4 members (excludes halogenated alkanes) is 6. The highest BCUT2D eigenvalue weighted by Gasteiger charge is 2.49. The molecule has 3 aliphatic heterocycles. The highest BCUT2D eigenvalue weighted by Crippen LogP contribution is 2.27. The zero-order valence-electron chi connectivity index (χ0n) is 40.9. The van der Waals surface area contributed by atoms with E-state index in [9.17, 15) is 74.4 Å². The summed E-state index contributed by atoms with van der Waals surface area (Å²) in [5, 5.41) is 99.3. The summed E-state index contributed by atoms with van der Waals surface area (Å²) >= 11 is 0. The van der Waals surface area contributed by atoms with Gasteiger partial charge in [0.15, 0.2) is 6.23 Å². The normalized spacial score (nSPS) is 30.4. The lowest BCUT2D eigenvalue weighted by molar-refractivity contribution is -0.147. The Bertz CT molecular complexity index is 1930. The molecule has 22 nitrogen and oxygen atoms in total. The first-order valence-electron chi connectivity index (χ1n) is 24.7. The van der Waals surface area contributed by atoms with Crippen LogP contribution in [0.4, 0.5) is 0 Å². The standard InChI is InChI=1S/C48H77N7O15/c1-6-8-9-10-11-12-13-14-31(25(3)7-2)41(63)49-32-21-36(61)44(66)53-46(68)39-40(62)26(4)22-55(39)47(69)33(24-56)50-45(67)38(35(60)19-28-15-17-29(58)18-16-28)52-43(65)34-20-30(59)23-54(34)48(70)37(27(5)57)51-42(32)64/h15-18,25-27,30-40,44,56-62,66H,6-14,19-24H2,1-5H3,(H,49,63)(H,50,67)(H,51,64)(H,52,65)(H,53,68). The van der Waals surface area contributed by atoms with Crippen molar-refractivity contribution in [3.05, 3.63) is 29.8 Å². The molecule has 3 heterocycles. The second kappa shape index (κ2) is 27.0. The van der Waals surface area contributed by atoms with Crippen molar-refractivity contribution in [3.8, 4) is 5.75 Å². The van der Waals surface area contributed by atoms with E-state index in [0.29, 0.717) is 24.8 Å². The molecule has 0 bridgehead atoms. The number of hydrogen-bond donors (Lipinski definition) is 13. The molecule has 394 valence electrons. The lowest BCUT2D eigenvalue weighted by Gasteiger charge is -2.33. The molecule has 1 aromatic rings. The van der Waals surface area contributed by atoms with Crippen molar-refractivity contribution in [1.29, 1.82) is 0 Å². The van der Waals surface area contributed by atoms with E-state index < -0.39 is 152 Å². The highest BCUT2D eigenvalue weighted by atomic mass is 16.3. The van der Waals surface area contributed by atoms with Crippen LogP contribution in [0.2, 0.25) is 0 Å². The van der Waals surface area contributed by atoms with Crippen LogP contribution in [0.5, 0.6) is 5.75 Å². The van der Waals surface area contributed by atoms with E-state index in [0.717, 1.165) is 55.2 Å². The van der Waals surface area contributed by atoms with Crippen LogP contribution in [0.3, 0.4) is 0 Å². The topological polar surface area (TPSA) is 348 Å². The number of nitrogens with zero attached hydrogens (tertiary/aromatic N) is 2. The van der Waals surface area contributed by atoms with Crippen LogP contribution in [0.15, 0.2) is 24.3 Å². The van der Waals surface area contributed by atoms with Gasteiger partial charge >= 0.3 is 0 Å². The Morgan fingerprint density at radius 3 is 2.00 bits per heavy atom. The predicted molar refractivity (Wildman–Crippen MR) is 251 cm³/mol. The van der Waals surface area contributed by atoms with Crippen LogP contribution < -0.4 is 26.6 Å². The van der Waals surface area contributed by atoms with Crippen LogP contribution in [0, 0.1) is 17.8 Å². The maximum Gasteiger partial charge on any atom is 0.248 e. The lowest BCUT2D eigenvalue weighted by atomic mass is 9.86. The summed E-state index contributed by atoms with van der Waals surface area (Å²) in [6.07, 6.45) is -4.13. The zero-order chi connectivity index (χ0) is 52.0. The van der Waals surface area contributed by atoms with Gasteiger partial charge in [-0.1, -0.05) is 91.2 Å². The van der Waals surface area contributed by atoms with E-state index in [4.69, 9.17) is 0 Å². The number of benzene rings is 1. The minimum absolute atomic E-state index is 0.105. The van der Waals surface area contributed by atoms with Crippen molar-refractivity contribution in [2.24, 2.45) is 17.8 Å². The zero-order valence-corrected chi connectivity index (χ0v) is 40.9. The third-order valence-electron chi connectivity index (χ3n) is 13.9. The number of hydrogen-bond acceptors (Lipinski definition) is 15. The molecule has 1 aromatic carbocycles. The van der Waals surface area contributed by atoms with Gasteiger partial charge in [0.05, 0.1) is 31.0 Å². The fourth-order valence-corrected chi connectivity index (χ4v) is 9.39. The molecule has 4 rings (SSSR count). The second-order valence-electron chi connectivity index (χ2n) is 19.4. The third kappa shape index (κ3) is 15.3. The van der Waals surface area contributed by atoms with Crippen LogP contribution in [-0.4, -0.2) is 185 Å². The van der Waals surface area contributed by atoms with Gasteiger partial charge in [-0.25, -0.2) is 0 Å². The first-order valence-corrected chi connectivity index (χ1v) is 24.7. The number of fused-ring (bicyclic) bond motifs is 2. The molecule has 0 saturated carbocycles. The van der Waals surface area contributed by atoms with Crippen molar-refractivity contribution < 1.29 is 74.4 Å². The molecule has 0 spiro atoms. The molecule has 3 aliphatic rings. The van der Waals surface area contributed by atoms with Gasteiger partial charge in [-0.2, -0.15) is 0 Å². The van der Waals surface area contributed by atoms with Crippen molar-refractivity contribution >= 4 is 41.4 Å². The number of amides is 7. The molecule has 15 unspecified atom stereocenters. The summed E-state index contributed by atoms with van der Waals surface area (Å²) in [6.45, 7) is 6.71. The van der Waals surface area contributed by atoms with E-state index in [1.54, 1.807) is 0 Å². The van der Waals surface area contributed by atoms with E-state index in [-0.39, 0.29) is 24.6 Å². The number of aliphatic hydroxyl groups excluding tert-OH is 7. The fraction of sp³-hybridized carbons (Fsp3) is 0.729. The molecule has 0 aromatic heterocycles. The van der Waals surface area contributed by atoms with Crippen molar-refractivity contribution in [3.63, 3.8) is 0 Å². The van der Waals surface area contributed by atoms with E-state index in [1.807, 2.05) is 13.8 Å². The molecule has 0 radical (unpaired) electrons. The minimum Gasteiger partial charge on any atom is -0.508 e. The highest BCUT2D eigenvalue weighted by molar-refractivity contribution is 5.98. The Morgan fingerprint density at radius 2 is 1.39 bits per heavy atom. The molecule has 13 N–H and O–H groups in total. The summed E-state index contributed by atoms with van der Waals surface area (Å²) in [6, 6.07) is -5.22. The van der Waals surface area contributed by atoms with Gasteiger partial charge in [0, 0.05) is 44.2 Å². The summed E-state index contributed by atoms with van der Waals surface area (Å²) in [5.41, 5.74) is 0.382. The molecular weight excluding hydrogens is 915 g/mol. The summed E-state index contributed by atoms with van der Waals surface area (Å²) in [4.78, 5) is 101. The van der Waals surface area contributed by atoms with Gasteiger partial charge in [-0.15, -0.1) is 0 Å². The van der Waals surface area contributed by atoms with Gasteiger partial charge < -0.3 is 77.2 Å². The Hall–Kier alpha value is -4.97. The average molecular weight is 992 g/mol. The van der Waals surface area contributed by atoms with Gasteiger partial charge in [-0.3, -0.25) is 33.6 Å². The van der Waals surface area contributed by atoms with Crippen LogP contribution >= 0.6 is 0 Å². The fourth-order valence-electron chi connectivity index (χ4n) is 9.39. The van der Waals surface area contributed by atoms with E-state index >= 15 is 0 Å². The van der Waals surface area contributed by atoms with E-state index in [1.165, 1.54) is 31.2 Å². The molecular formula is C48H77N7O15. The monoisotopic (exact) mass is 992 g/mol. The minimum atomic E-state index is -2.20. The number of phenols is 1. The second-order valence-corrected chi connectivity index (χ2v) is 19.4. The molecule has 70 heavy (non-hydrogen) atoms. The Kier molecular flexibility index (Phi) is 22.2. The lowest BCUT2D eigenvalue weighted by Crippen LogP contribution is -2.63. The molecule has 22 heteroatoms. The number of carbonyl (C=O) groups excluding carboxylic acids is 7. The molecule has 7 amide bonds. The first kappa shape index (κ1) is 57.6. The maximum atomic E-state index is 14.4. The number of phenolic OH excluding ortho intramolecular Hbond substituents is 1. The largest absolute Gasteiger partial charge is 0.508 e. The summed E-state index contributed by atoms with van der Waals surface area (Å²) < 4.78 is 0. The maximum absolute atomic E-state index is 14.4. The molecule has 0 aliphatic carbocycles. The Morgan fingerprint density at radius 1 is 0.757 bits per heavy atom. The quantitative estimate of drug-likeness (QED) is 0.0736. The van der Waals surface area contributed by atoms with Gasteiger partial charge in [0.25, 0.3) is 0 Å². The molecule has 3 saturated heterocycles. The van der Waals surface area contributed by atoms with Crippen LogP contribution in [0.25, 0.3) is 0 Å². The first-order chi connectivity index (χ1) is 33.1. The van der Waals surface area contributed by atoms with Gasteiger partial charge in [0.1, 0.15) is 48.1 Å². The number of aliphatic hydroxyl groups is 7. The average Bonchev–Trinajstić information content (AvgIpc) is 3.86. The molecule has 15 atom stereocenters. The Balaban J connectivity index is 1.76. The van der Waals surface area contributed by atoms with Crippen LogP contribution in [0.1, 0.15) is 111 Å². The summed E-state index contributed by atoms with van der Waals surface area (Å²) in [5.74, 6) is -9.01. The SMILES string of the molecule is CCCCCCCCCC(C(=O)NC1CC(O)C(O)NC(=O)C2C(O)C(C)CN2C(=O)C(CO)NC(=O)C(C(O)Cc2ccc(O)cc2)NC(=O)C2CC(O)CN2C(=O)C(C(C)O)NC1=O)C(C)CC. The van der Waals surface area contributed by atoms with Crippen molar-refractivity contribution in [2.45, 2.75) is 185 Å². The summed E-state index contributed by atoms with van der Waals surface area (Å²) in [7, 11) is 0. The van der Waals surface area contributed by atoms with Gasteiger partial charge in [0.2, 0.25) is 41.4 Å². The van der Waals surface area contributed by atoms with Gasteiger partial charge in [-0.05, 0) is 37.0 Å². The number of rotatable bonds is 17. The predicted octanol–water partition coefficient (Wildman–Crippen LogP) is -2.22. The Labute approximate surface area is 408 Å². The number of nitrogens with one attached hydrogen (secondary N) is 5. The number of aromatic hydroxyl groups is 1. The van der Waals surface area contributed by atoms with Crippen LogP contribution in [-0.2, 0) is 40.0 Å². The smallest absolute Gasteiger partial charge is 0.248 e. The third-order valence-corrected chi connectivity index (χ3v) is 13.9. The number of carbonyl (C=O) groups is 7. The van der Waals surface area contributed by atoms with Crippen molar-refractivity contribution in [1.82, 2.24) is 36.4 Å². The van der Waals surface area contributed by atoms with E-state index in [2.05, 4.69) is 33.5 Å².